The van der Waals surface area contributed by atoms with Crippen LogP contribution >= 0.6 is 15.9 Å². The van der Waals surface area contributed by atoms with E-state index >= 15 is 0 Å². The molecule has 0 saturated heterocycles. The lowest BCUT2D eigenvalue weighted by atomic mass is 9.99. The highest BCUT2D eigenvalue weighted by Gasteiger charge is 2.10. The van der Waals surface area contributed by atoms with Crippen LogP contribution in [0.25, 0.3) is 0 Å². The maximum Gasteiger partial charge on any atom is 0.0211 e. The molecular formula is C10H15BrN2. The highest BCUT2D eigenvalue weighted by Crippen LogP contribution is 2.23. The molecule has 1 unspecified atom stereocenters. The van der Waals surface area contributed by atoms with Crippen molar-refractivity contribution < 1.29 is 0 Å². The largest absolute Gasteiger partial charge is 0.330 e. The molecule has 3 heteroatoms. The van der Waals surface area contributed by atoms with Crippen LogP contribution in [0.1, 0.15) is 11.5 Å². The molecule has 1 atom stereocenters. The van der Waals surface area contributed by atoms with Gasteiger partial charge in [-0.15, -0.1) is 0 Å². The first-order valence-corrected chi connectivity index (χ1v) is 5.18. The van der Waals surface area contributed by atoms with Crippen LogP contribution in [0.3, 0.4) is 0 Å². The molecule has 0 aliphatic heterocycles. The van der Waals surface area contributed by atoms with Crippen LogP contribution < -0.4 is 11.1 Å². The summed E-state index contributed by atoms with van der Waals surface area (Å²) in [6.45, 7) is 1.59. The average molecular weight is 243 g/mol. The van der Waals surface area contributed by atoms with E-state index in [4.69, 9.17) is 5.73 Å². The fourth-order valence-electron chi connectivity index (χ4n) is 1.37. The Kier molecular flexibility index (Phi) is 4.42. The maximum atomic E-state index is 5.70. The van der Waals surface area contributed by atoms with E-state index < -0.39 is 0 Å². The molecule has 1 aromatic rings. The molecule has 0 fully saturated rings. The molecule has 72 valence electrons. The molecular weight excluding hydrogens is 228 g/mol. The summed E-state index contributed by atoms with van der Waals surface area (Å²) in [5.41, 5.74) is 6.98. The van der Waals surface area contributed by atoms with Crippen LogP contribution in [-0.4, -0.2) is 20.1 Å². The standard InChI is InChI=1S/C10H15BrN2/c1-13-7-8(6-12)9-4-2-3-5-10(9)11/h2-5,8,13H,6-7,12H2,1H3. The van der Waals surface area contributed by atoms with Gasteiger partial charge in [0.15, 0.2) is 0 Å². The first-order valence-electron chi connectivity index (χ1n) is 4.38. The number of hydrogen-bond donors (Lipinski definition) is 2. The second-order valence-electron chi connectivity index (χ2n) is 3.01. The number of benzene rings is 1. The Morgan fingerprint density at radius 2 is 2.15 bits per heavy atom. The third kappa shape index (κ3) is 2.79. The van der Waals surface area contributed by atoms with E-state index in [0.29, 0.717) is 12.5 Å². The topological polar surface area (TPSA) is 38.0 Å². The van der Waals surface area contributed by atoms with E-state index in [2.05, 4.69) is 27.3 Å². The fraction of sp³-hybridized carbons (Fsp3) is 0.400. The van der Waals surface area contributed by atoms with E-state index in [-0.39, 0.29) is 0 Å². The lowest BCUT2D eigenvalue weighted by molar-refractivity contribution is 0.635. The van der Waals surface area contributed by atoms with Gasteiger partial charge >= 0.3 is 0 Å². The smallest absolute Gasteiger partial charge is 0.0211 e. The summed E-state index contributed by atoms with van der Waals surface area (Å²) in [5.74, 6) is 0.389. The van der Waals surface area contributed by atoms with Crippen molar-refractivity contribution in [3.8, 4) is 0 Å². The SMILES string of the molecule is CNCC(CN)c1ccccc1Br. The van der Waals surface area contributed by atoms with Crippen molar-refractivity contribution >= 4 is 15.9 Å². The molecule has 0 radical (unpaired) electrons. The Balaban J connectivity index is 2.84. The molecule has 0 aromatic heterocycles. The van der Waals surface area contributed by atoms with Crippen LogP contribution in [0, 0.1) is 0 Å². The van der Waals surface area contributed by atoms with Gasteiger partial charge in [0, 0.05) is 23.5 Å². The Hall–Kier alpha value is -0.380. The number of hydrogen-bond acceptors (Lipinski definition) is 2. The zero-order chi connectivity index (χ0) is 9.68. The molecule has 1 aromatic carbocycles. The molecule has 0 aliphatic carbocycles. The van der Waals surface area contributed by atoms with Gasteiger partial charge in [-0.3, -0.25) is 0 Å². The predicted molar refractivity (Wildman–Crippen MR) is 59.9 cm³/mol. The number of nitrogens with one attached hydrogen (secondary N) is 1. The Bertz CT molecular complexity index is 263. The first kappa shape index (κ1) is 10.7. The monoisotopic (exact) mass is 242 g/mol. The Morgan fingerprint density at radius 1 is 1.46 bits per heavy atom. The third-order valence-corrected chi connectivity index (χ3v) is 2.80. The van der Waals surface area contributed by atoms with Gasteiger partial charge in [0.1, 0.15) is 0 Å². The van der Waals surface area contributed by atoms with E-state index in [1.54, 1.807) is 0 Å². The molecule has 0 bridgehead atoms. The fourth-order valence-corrected chi connectivity index (χ4v) is 1.98. The first-order chi connectivity index (χ1) is 6.29. The molecule has 3 N–H and O–H groups in total. The van der Waals surface area contributed by atoms with Gasteiger partial charge in [-0.25, -0.2) is 0 Å². The quantitative estimate of drug-likeness (QED) is 0.844. The lowest BCUT2D eigenvalue weighted by Crippen LogP contribution is -2.24. The van der Waals surface area contributed by atoms with Crippen LogP contribution in [0.4, 0.5) is 0 Å². The molecule has 0 heterocycles. The summed E-state index contributed by atoms with van der Waals surface area (Å²) >= 11 is 3.52. The summed E-state index contributed by atoms with van der Waals surface area (Å²) in [7, 11) is 1.94. The van der Waals surface area contributed by atoms with Crippen molar-refractivity contribution in [2.24, 2.45) is 5.73 Å². The minimum absolute atomic E-state index is 0.389. The summed E-state index contributed by atoms with van der Waals surface area (Å²) in [6.07, 6.45) is 0. The Labute approximate surface area is 87.6 Å². The van der Waals surface area contributed by atoms with Crippen molar-refractivity contribution in [3.63, 3.8) is 0 Å². The second kappa shape index (κ2) is 5.37. The van der Waals surface area contributed by atoms with E-state index in [9.17, 15) is 0 Å². The Morgan fingerprint density at radius 3 is 2.69 bits per heavy atom. The summed E-state index contributed by atoms with van der Waals surface area (Å²) in [5, 5.41) is 3.14. The lowest BCUT2D eigenvalue weighted by Gasteiger charge is -2.15. The van der Waals surface area contributed by atoms with Crippen molar-refractivity contribution in [1.29, 1.82) is 0 Å². The summed E-state index contributed by atoms with van der Waals surface area (Å²) < 4.78 is 1.14. The molecule has 13 heavy (non-hydrogen) atoms. The van der Waals surface area contributed by atoms with Gasteiger partial charge in [0.05, 0.1) is 0 Å². The minimum atomic E-state index is 0.389. The van der Waals surface area contributed by atoms with Crippen molar-refractivity contribution in [1.82, 2.24) is 5.32 Å². The van der Waals surface area contributed by atoms with E-state index in [1.165, 1.54) is 5.56 Å². The molecule has 1 rings (SSSR count). The zero-order valence-electron chi connectivity index (χ0n) is 7.76. The molecule has 2 nitrogen and oxygen atoms in total. The normalized spacial score (nSPS) is 12.8. The number of halogens is 1. The highest BCUT2D eigenvalue weighted by molar-refractivity contribution is 9.10. The minimum Gasteiger partial charge on any atom is -0.330 e. The zero-order valence-corrected chi connectivity index (χ0v) is 9.34. The summed E-state index contributed by atoms with van der Waals surface area (Å²) in [4.78, 5) is 0. The van der Waals surface area contributed by atoms with Crippen molar-refractivity contribution in [3.05, 3.63) is 34.3 Å². The van der Waals surface area contributed by atoms with E-state index in [1.807, 2.05) is 25.2 Å². The third-order valence-electron chi connectivity index (χ3n) is 2.08. The second-order valence-corrected chi connectivity index (χ2v) is 3.87. The van der Waals surface area contributed by atoms with Crippen LogP contribution in [0.2, 0.25) is 0 Å². The average Bonchev–Trinajstić information content (AvgIpc) is 2.16. The van der Waals surface area contributed by atoms with Gasteiger partial charge in [-0.05, 0) is 18.7 Å². The van der Waals surface area contributed by atoms with Gasteiger partial charge in [-0.1, -0.05) is 34.1 Å². The maximum absolute atomic E-state index is 5.70. The van der Waals surface area contributed by atoms with Crippen LogP contribution in [-0.2, 0) is 0 Å². The summed E-state index contributed by atoms with van der Waals surface area (Å²) in [6, 6.07) is 8.21. The number of rotatable bonds is 4. The molecule has 0 spiro atoms. The molecule has 0 saturated carbocycles. The van der Waals surface area contributed by atoms with Crippen LogP contribution in [0.5, 0.6) is 0 Å². The highest BCUT2D eigenvalue weighted by atomic mass is 79.9. The van der Waals surface area contributed by atoms with E-state index in [0.717, 1.165) is 11.0 Å². The molecule has 0 amide bonds. The van der Waals surface area contributed by atoms with Gasteiger partial charge < -0.3 is 11.1 Å². The van der Waals surface area contributed by atoms with Crippen molar-refractivity contribution in [2.75, 3.05) is 20.1 Å². The predicted octanol–water partition coefficient (Wildman–Crippen LogP) is 1.71. The number of nitrogens with two attached hydrogens (primary N) is 1. The number of likely N-dealkylation sites (N-methyl/N-ethyl adjacent to an activating group) is 1. The van der Waals surface area contributed by atoms with Crippen molar-refractivity contribution in [2.45, 2.75) is 5.92 Å². The van der Waals surface area contributed by atoms with Crippen LogP contribution in [0.15, 0.2) is 28.7 Å². The van der Waals surface area contributed by atoms with Gasteiger partial charge in [-0.2, -0.15) is 0 Å². The van der Waals surface area contributed by atoms with Gasteiger partial charge in [0.2, 0.25) is 0 Å². The molecule has 0 aliphatic rings. The van der Waals surface area contributed by atoms with Gasteiger partial charge in [0.25, 0.3) is 0 Å².